The summed E-state index contributed by atoms with van der Waals surface area (Å²) in [6.07, 6.45) is 2.44. The van der Waals surface area contributed by atoms with Crippen LogP contribution in [0.2, 0.25) is 6.55 Å². The number of hydrazine groups is 1. The molecule has 0 fully saturated rings. The van der Waals surface area contributed by atoms with Crippen molar-refractivity contribution in [3.8, 4) is 0 Å². The molecule has 0 bridgehead atoms. The van der Waals surface area contributed by atoms with Crippen molar-refractivity contribution >= 4 is 24.8 Å². The smallest absolute Gasteiger partial charge is 0.130 e. The van der Waals surface area contributed by atoms with E-state index in [1.165, 1.54) is 24.3 Å². The van der Waals surface area contributed by atoms with Crippen molar-refractivity contribution in [2.75, 3.05) is 12.8 Å². The van der Waals surface area contributed by atoms with E-state index in [9.17, 15) is 8.78 Å². The summed E-state index contributed by atoms with van der Waals surface area (Å²) in [6, 6.07) is 13.3. The second kappa shape index (κ2) is 5.98. The molecular weight excluding hydrogens is 300 g/mol. The van der Waals surface area contributed by atoms with Crippen LogP contribution in [0.1, 0.15) is 0 Å². The van der Waals surface area contributed by atoms with Crippen molar-refractivity contribution in [2.24, 2.45) is 4.99 Å². The van der Waals surface area contributed by atoms with E-state index in [4.69, 9.17) is 0 Å². The average Bonchev–Trinajstić information content (AvgIpc) is 3.01. The van der Waals surface area contributed by atoms with Crippen LogP contribution in [0.4, 0.5) is 8.78 Å². The molecule has 2 aromatic carbocycles. The molecule has 2 aromatic rings. The molecule has 22 heavy (non-hydrogen) atoms. The summed E-state index contributed by atoms with van der Waals surface area (Å²) in [5.41, 5.74) is 3.10. The summed E-state index contributed by atoms with van der Waals surface area (Å²) < 4.78 is 26.5. The van der Waals surface area contributed by atoms with Gasteiger partial charge in [-0.3, -0.25) is 4.99 Å². The third kappa shape index (κ3) is 2.93. The van der Waals surface area contributed by atoms with Crippen molar-refractivity contribution < 1.29 is 8.78 Å². The standard InChI is InChI=1S/C16H17F2N3Si/c1-22(12-21-11-19-10-20-21,15-6-2-13(17)3-7-15)16-8-4-14(18)5-9-16/h2-10H,11-12H2,1H3,(H,19,20). The second-order valence-electron chi connectivity index (χ2n) is 5.63. The molecule has 0 atom stereocenters. The topological polar surface area (TPSA) is 27.6 Å². The molecule has 0 saturated heterocycles. The Kier molecular flexibility index (Phi) is 4.04. The fourth-order valence-electron chi connectivity index (χ4n) is 2.76. The van der Waals surface area contributed by atoms with Crippen LogP contribution < -0.4 is 15.8 Å². The number of rotatable bonds is 4. The molecular formula is C16H17F2N3Si. The highest BCUT2D eigenvalue weighted by Gasteiger charge is 2.34. The lowest BCUT2D eigenvalue weighted by atomic mass is 10.3. The molecule has 0 aliphatic carbocycles. The molecule has 0 aromatic heterocycles. The van der Waals surface area contributed by atoms with Gasteiger partial charge in [0.1, 0.15) is 26.4 Å². The van der Waals surface area contributed by atoms with Crippen molar-refractivity contribution in [1.29, 1.82) is 0 Å². The quantitative estimate of drug-likeness (QED) is 0.866. The van der Waals surface area contributed by atoms with Gasteiger partial charge >= 0.3 is 0 Å². The first-order chi connectivity index (χ1) is 10.6. The minimum absolute atomic E-state index is 0.248. The molecule has 1 N–H and O–H groups in total. The van der Waals surface area contributed by atoms with Crippen LogP contribution in [0.15, 0.2) is 53.5 Å². The van der Waals surface area contributed by atoms with Crippen molar-refractivity contribution in [2.45, 2.75) is 6.55 Å². The molecule has 0 radical (unpaired) electrons. The fraction of sp³-hybridized carbons (Fsp3) is 0.188. The van der Waals surface area contributed by atoms with E-state index < -0.39 is 8.07 Å². The van der Waals surface area contributed by atoms with E-state index in [2.05, 4.69) is 17.0 Å². The SMILES string of the molecule is C[Si](CN1CN=CN1)(c1ccc(F)cc1)c1ccc(F)cc1. The lowest BCUT2D eigenvalue weighted by molar-refractivity contribution is 0.310. The molecule has 0 spiro atoms. The Morgan fingerprint density at radius 1 is 1.00 bits per heavy atom. The van der Waals surface area contributed by atoms with E-state index in [1.807, 2.05) is 29.3 Å². The van der Waals surface area contributed by atoms with Gasteiger partial charge in [-0.2, -0.15) is 0 Å². The molecule has 1 heterocycles. The minimum Gasteiger partial charge on any atom is -0.308 e. The van der Waals surface area contributed by atoms with Gasteiger partial charge in [0.15, 0.2) is 0 Å². The zero-order valence-corrected chi connectivity index (χ0v) is 13.3. The average molecular weight is 317 g/mol. The maximum Gasteiger partial charge on any atom is 0.130 e. The molecule has 3 rings (SSSR count). The molecule has 3 nitrogen and oxygen atoms in total. The first-order valence-corrected chi connectivity index (χ1v) is 9.80. The normalized spacial score (nSPS) is 15.0. The van der Waals surface area contributed by atoms with Gasteiger partial charge in [0.25, 0.3) is 0 Å². The summed E-state index contributed by atoms with van der Waals surface area (Å²) in [5.74, 6) is -0.497. The zero-order chi connectivity index (χ0) is 15.6. The lowest BCUT2D eigenvalue weighted by Gasteiger charge is -2.32. The molecule has 1 aliphatic heterocycles. The summed E-state index contributed by atoms with van der Waals surface area (Å²) in [6.45, 7) is 2.79. The Labute approximate surface area is 129 Å². The highest BCUT2D eigenvalue weighted by molar-refractivity contribution is 7.01. The first kappa shape index (κ1) is 14.9. The van der Waals surface area contributed by atoms with Crippen LogP contribution in [0.5, 0.6) is 0 Å². The van der Waals surface area contributed by atoms with Crippen molar-refractivity contribution in [3.05, 3.63) is 60.2 Å². The highest BCUT2D eigenvalue weighted by atomic mass is 28.3. The van der Waals surface area contributed by atoms with Gasteiger partial charge in [0.2, 0.25) is 0 Å². The van der Waals surface area contributed by atoms with Crippen molar-refractivity contribution in [3.63, 3.8) is 0 Å². The molecule has 0 unspecified atom stereocenters. The predicted octanol–water partition coefficient (Wildman–Crippen LogP) is 1.50. The first-order valence-electron chi connectivity index (χ1n) is 7.09. The highest BCUT2D eigenvalue weighted by Crippen LogP contribution is 2.10. The lowest BCUT2D eigenvalue weighted by Crippen LogP contribution is -2.63. The Balaban J connectivity index is 2.00. The second-order valence-corrected chi connectivity index (χ2v) is 9.76. The van der Waals surface area contributed by atoms with E-state index in [0.717, 1.165) is 16.5 Å². The zero-order valence-electron chi connectivity index (χ0n) is 12.3. The van der Waals surface area contributed by atoms with Crippen LogP contribution in [0.25, 0.3) is 0 Å². The van der Waals surface area contributed by atoms with E-state index >= 15 is 0 Å². The number of hydrogen-bond donors (Lipinski definition) is 1. The summed E-state index contributed by atoms with van der Waals surface area (Å²) in [5, 5.41) is 4.24. The van der Waals surface area contributed by atoms with Gasteiger partial charge in [-0.15, -0.1) is 0 Å². The molecule has 1 aliphatic rings. The Bertz CT molecular complexity index is 617. The Hall–Kier alpha value is -2.05. The van der Waals surface area contributed by atoms with Crippen molar-refractivity contribution in [1.82, 2.24) is 10.4 Å². The largest absolute Gasteiger partial charge is 0.308 e. The van der Waals surface area contributed by atoms with Gasteiger partial charge in [-0.1, -0.05) is 41.2 Å². The van der Waals surface area contributed by atoms with Gasteiger partial charge in [0, 0.05) is 6.17 Å². The third-order valence-corrected chi connectivity index (χ3v) is 8.28. The van der Waals surface area contributed by atoms with E-state index in [1.54, 1.807) is 6.34 Å². The van der Waals surface area contributed by atoms with Crippen LogP contribution >= 0.6 is 0 Å². The third-order valence-electron chi connectivity index (χ3n) is 4.05. The van der Waals surface area contributed by atoms with Gasteiger partial charge < -0.3 is 5.43 Å². The molecule has 0 amide bonds. The van der Waals surface area contributed by atoms with Crippen LogP contribution in [-0.2, 0) is 0 Å². The number of hydrogen-bond acceptors (Lipinski definition) is 3. The molecule has 114 valence electrons. The number of aliphatic imine (C=N–C) groups is 1. The van der Waals surface area contributed by atoms with Gasteiger partial charge in [-0.25, -0.2) is 13.8 Å². The van der Waals surface area contributed by atoms with Gasteiger partial charge in [-0.05, 0) is 24.3 Å². The molecule has 0 saturated carbocycles. The van der Waals surface area contributed by atoms with Crippen LogP contribution in [0, 0.1) is 11.6 Å². The maximum absolute atomic E-state index is 13.3. The predicted molar refractivity (Wildman–Crippen MR) is 86.9 cm³/mol. The number of benzene rings is 2. The van der Waals surface area contributed by atoms with Crippen LogP contribution in [-0.4, -0.2) is 32.3 Å². The summed E-state index contributed by atoms with van der Waals surface area (Å²) >= 11 is 0. The Morgan fingerprint density at radius 3 is 1.91 bits per heavy atom. The van der Waals surface area contributed by atoms with Gasteiger partial charge in [0.05, 0.1) is 6.34 Å². The number of nitrogens with zero attached hydrogens (tertiary/aromatic N) is 2. The number of nitrogens with one attached hydrogen (secondary N) is 1. The maximum atomic E-state index is 13.3. The van der Waals surface area contributed by atoms with E-state index in [0.29, 0.717) is 6.67 Å². The minimum atomic E-state index is -2.16. The van der Waals surface area contributed by atoms with E-state index in [-0.39, 0.29) is 11.6 Å². The monoisotopic (exact) mass is 317 g/mol. The van der Waals surface area contributed by atoms with Crippen LogP contribution in [0.3, 0.4) is 0 Å². The fourth-order valence-corrected chi connectivity index (χ4v) is 6.22. The summed E-state index contributed by atoms with van der Waals surface area (Å²) in [7, 11) is -2.16. The Morgan fingerprint density at radius 2 is 1.50 bits per heavy atom. The summed E-state index contributed by atoms with van der Waals surface area (Å²) in [4.78, 5) is 4.16. The molecule has 6 heteroatoms. The number of halogens is 2.